The Bertz CT molecular complexity index is 831. The number of Topliss-reactive ketones (excluding diaryl/α,β-unsaturated/α-hetero) is 1. The Hall–Kier alpha value is -2.66. The molecule has 3 atom stereocenters. The monoisotopic (exact) mass is 350 g/mol. The first-order chi connectivity index (χ1) is 12.6. The van der Waals surface area contributed by atoms with E-state index in [1.54, 1.807) is 36.4 Å². The van der Waals surface area contributed by atoms with Crippen LogP contribution < -0.4 is 10.1 Å². The van der Waals surface area contributed by atoms with Crippen LogP contribution in [0.3, 0.4) is 0 Å². The molecule has 0 radical (unpaired) electrons. The van der Waals surface area contributed by atoms with Gasteiger partial charge in [-0.3, -0.25) is 9.59 Å². The van der Waals surface area contributed by atoms with E-state index in [9.17, 15) is 9.59 Å². The van der Waals surface area contributed by atoms with E-state index >= 15 is 0 Å². The molecule has 26 heavy (non-hydrogen) atoms. The van der Waals surface area contributed by atoms with Gasteiger partial charge in [0.05, 0.1) is 5.56 Å². The number of benzene rings is 2. The minimum absolute atomic E-state index is 0.0422. The normalized spacial score (nSPS) is 23.7. The zero-order valence-electron chi connectivity index (χ0n) is 14.8. The van der Waals surface area contributed by atoms with E-state index in [0.29, 0.717) is 28.5 Å². The summed E-state index contributed by atoms with van der Waals surface area (Å²) in [4.78, 5) is 26.6. The number of rotatable bonds is 5. The summed E-state index contributed by atoms with van der Waals surface area (Å²) in [5.74, 6) is 1.62. The topological polar surface area (TPSA) is 58.6 Å². The van der Waals surface area contributed by atoms with Gasteiger partial charge in [-0.1, -0.05) is 12.1 Å². The van der Waals surface area contributed by atoms with Crippen LogP contribution in [-0.4, -0.2) is 42.3 Å². The lowest BCUT2D eigenvalue weighted by molar-refractivity contribution is 0.0923. The van der Waals surface area contributed by atoms with Gasteiger partial charge in [-0.2, -0.15) is 0 Å². The summed E-state index contributed by atoms with van der Waals surface area (Å²) < 4.78 is 5.82. The van der Waals surface area contributed by atoms with Crippen molar-refractivity contribution < 1.29 is 14.3 Å². The first-order valence-corrected chi connectivity index (χ1v) is 9.01. The lowest BCUT2D eigenvalue weighted by atomic mass is 9.99. The number of nitrogens with one attached hydrogen (secondary N) is 1. The Kier molecular flexibility index (Phi) is 4.47. The third-order valence-corrected chi connectivity index (χ3v) is 5.26. The fraction of sp³-hybridized carbons (Fsp3) is 0.333. The van der Waals surface area contributed by atoms with Gasteiger partial charge in [-0.05, 0) is 62.2 Å². The molecule has 2 bridgehead atoms. The second-order valence-electron chi connectivity index (χ2n) is 7.07. The van der Waals surface area contributed by atoms with Crippen molar-refractivity contribution in [3.05, 3.63) is 59.7 Å². The lowest BCUT2D eigenvalue weighted by Gasteiger charge is -2.23. The summed E-state index contributed by atoms with van der Waals surface area (Å²) in [6.07, 6.45) is 1.17. The minimum atomic E-state index is -0.0433. The van der Waals surface area contributed by atoms with Crippen LogP contribution in [0.1, 0.15) is 34.1 Å². The molecule has 1 N–H and O–H groups in total. The molecule has 1 amide bonds. The largest absolute Gasteiger partial charge is 0.457 e. The maximum absolute atomic E-state index is 12.5. The Labute approximate surface area is 153 Å². The van der Waals surface area contributed by atoms with Gasteiger partial charge in [-0.25, -0.2) is 0 Å². The van der Waals surface area contributed by atoms with Gasteiger partial charge in [0.1, 0.15) is 11.5 Å². The molecule has 134 valence electrons. The molecule has 2 heterocycles. The second-order valence-corrected chi connectivity index (χ2v) is 7.07. The van der Waals surface area contributed by atoms with Crippen molar-refractivity contribution >= 4 is 11.7 Å². The van der Waals surface area contributed by atoms with Gasteiger partial charge in [-0.15, -0.1) is 0 Å². The number of carbonyl (C=O) groups is 2. The van der Waals surface area contributed by atoms with E-state index < -0.39 is 0 Å². The van der Waals surface area contributed by atoms with Crippen molar-refractivity contribution in [2.24, 2.45) is 5.92 Å². The molecule has 3 unspecified atom stereocenters. The molecule has 0 saturated carbocycles. The van der Waals surface area contributed by atoms with Crippen LogP contribution in [0, 0.1) is 5.92 Å². The Morgan fingerprint density at radius 2 is 1.85 bits per heavy atom. The molecule has 2 saturated heterocycles. The maximum atomic E-state index is 12.5. The van der Waals surface area contributed by atoms with E-state index in [2.05, 4.69) is 10.2 Å². The Balaban J connectivity index is 1.42. The highest BCUT2D eigenvalue weighted by atomic mass is 16.5. The third-order valence-electron chi connectivity index (χ3n) is 5.26. The molecule has 2 aromatic rings. The molecule has 4 rings (SSSR count). The van der Waals surface area contributed by atoms with Crippen LogP contribution in [0.5, 0.6) is 11.5 Å². The summed E-state index contributed by atoms with van der Waals surface area (Å²) in [7, 11) is 0. The predicted molar refractivity (Wildman–Crippen MR) is 98.8 cm³/mol. The molecule has 0 spiro atoms. The number of ether oxygens (including phenoxy) is 1. The van der Waals surface area contributed by atoms with Crippen LogP contribution in [0.15, 0.2) is 48.5 Å². The van der Waals surface area contributed by atoms with E-state index in [1.165, 1.54) is 13.3 Å². The number of hydrogen-bond donors (Lipinski definition) is 1. The van der Waals surface area contributed by atoms with Crippen molar-refractivity contribution in [1.29, 1.82) is 0 Å². The van der Waals surface area contributed by atoms with Gasteiger partial charge >= 0.3 is 0 Å². The van der Waals surface area contributed by atoms with E-state index in [4.69, 9.17) is 4.74 Å². The zero-order valence-corrected chi connectivity index (χ0v) is 14.8. The minimum Gasteiger partial charge on any atom is -0.457 e. The maximum Gasteiger partial charge on any atom is 0.251 e. The zero-order chi connectivity index (χ0) is 18.1. The average Bonchev–Trinajstić information content (AvgIpc) is 3.25. The summed E-state index contributed by atoms with van der Waals surface area (Å²) in [6, 6.07) is 14.4. The first-order valence-electron chi connectivity index (χ1n) is 9.01. The van der Waals surface area contributed by atoms with Crippen LogP contribution in [0.4, 0.5) is 0 Å². The number of carbonyl (C=O) groups excluding carboxylic acids is 2. The fourth-order valence-electron chi connectivity index (χ4n) is 3.85. The molecule has 5 heteroatoms. The molecule has 2 aromatic carbocycles. The number of fused-ring (bicyclic) bond motifs is 2. The third kappa shape index (κ3) is 3.35. The molecule has 0 aliphatic carbocycles. The van der Waals surface area contributed by atoms with Crippen molar-refractivity contribution in [2.75, 3.05) is 19.6 Å². The van der Waals surface area contributed by atoms with E-state index in [1.807, 2.05) is 12.1 Å². The van der Waals surface area contributed by atoms with Crippen molar-refractivity contribution in [1.82, 2.24) is 10.2 Å². The SMILES string of the molecule is CC(=O)c1ccccc1Oc1ccc(C(=O)NC2CN3CCC2C3)cc1. The highest BCUT2D eigenvalue weighted by Gasteiger charge is 2.38. The molecule has 5 nitrogen and oxygen atoms in total. The molecule has 2 aliphatic rings. The highest BCUT2D eigenvalue weighted by molar-refractivity contribution is 5.97. The van der Waals surface area contributed by atoms with Crippen LogP contribution in [0.25, 0.3) is 0 Å². The number of nitrogens with zero attached hydrogens (tertiary/aromatic N) is 1. The fourth-order valence-corrected chi connectivity index (χ4v) is 3.85. The van der Waals surface area contributed by atoms with Gasteiger partial charge < -0.3 is 15.0 Å². The summed E-state index contributed by atoms with van der Waals surface area (Å²) in [5, 5.41) is 3.15. The van der Waals surface area contributed by atoms with Crippen LogP contribution in [-0.2, 0) is 0 Å². The number of ketones is 1. The molecular formula is C21H22N2O3. The molecular weight excluding hydrogens is 328 g/mol. The van der Waals surface area contributed by atoms with Crippen LogP contribution >= 0.6 is 0 Å². The van der Waals surface area contributed by atoms with Gasteiger partial charge in [0.25, 0.3) is 5.91 Å². The lowest BCUT2D eigenvalue weighted by Crippen LogP contribution is -2.43. The van der Waals surface area contributed by atoms with Crippen molar-refractivity contribution in [3.8, 4) is 11.5 Å². The van der Waals surface area contributed by atoms with E-state index in [0.717, 1.165) is 19.6 Å². The Morgan fingerprint density at radius 3 is 2.50 bits per heavy atom. The predicted octanol–water partition coefficient (Wildman–Crippen LogP) is 3.12. The van der Waals surface area contributed by atoms with Crippen LogP contribution in [0.2, 0.25) is 0 Å². The first kappa shape index (κ1) is 16.8. The summed E-state index contributed by atoms with van der Waals surface area (Å²) in [6.45, 7) is 4.74. The van der Waals surface area contributed by atoms with Crippen molar-refractivity contribution in [3.63, 3.8) is 0 Å². The average molecular weight is 350 g/mol. The van der Waals surface area contributed by atoms with Crippen molar-refractivity contribution in [2.45, 2.75) is 19.4 Å². The molecule has 2 aliphatic heterocycles. The number of para-hydroxylation sites is 1. The van der Waals surface area contributed by atoms with Gasteiger partial charge in [0.15, 0.2) is 5.78 Å². The summed E-state index contributed by atoms with van der Waals surface area (Å²) in [5.41, 5.74) is 1.16. The highest BCUT2D eigenvalue weighted by Crippen LogP contribution is 2.28. The second kappa shape index (κ2) is 6.92. The van der Waals surface area contributed by atoms with Gasteiger partial charge in [0.2, 0.25) is 0 Å². The van der Waals surface area contributed by atoms with Gasteiger partial charge in [0, 0.05) is 24.7 Å². The van der Waals surface area contributed by atoms with E-state index in [-0.39, 0.29) is 17.7 Å². The standard InChI is InChI=1S/C21H22N2O3/c1-14(24)18-4-2-3-5-20(18)26-17-8-6-15(7-9-17)21(25)22-19-13-23-11-10-16(19)12-23/h2-9,16,19H,10-13H2,1H3,(H,22,25). The number of piperidine rings is 1. The number of hydrogen-bond acceptors (Lipinski definition) is 4. The quantitative estimate of drug-likeness (QED) is 0.842. The Morgan fingerprint density at radius 1 is 1.08 bits per heavy atom. The molecule has 2 fully saturated rings. The summed E-state index contributed by atoms with van der Waals surface area (Å²) >= 11 is 0. The smallest absolute Gasteiger partial charge is 0.251 e. The number of amides is 1. The molecule has 0 aromatic heterocycles.